The fourth-order valence-corrected chi connectivity index (χ4v) is 4.58. The van der Waals surface area contributed by atoms with E-state index in [1.807, 2.05) is 0 Å². The molecule has 1 heterocycles. The highest BCUT2D eigenvalue weighted by Crippen LogP contribution is 2.32. The molecular weight excluding hydrogens is 314 g/mol. The summed E-state index contributed by atoms with van der Waals surface area (Å²) in [5, 5.41) is 0. The lowest BCUT2D eigenvalue weighted by Crippen LogP contribution is -2.43. The summed E-state index contributed by atoms with van der Waals surface area (Å²) >= 11 is 3.87. The molecule has 2 aliphatic rings. The minimum Gasteiger partial charge on any atom is -0.372 e. The molecular formula is C17H24BrNO. The molecule has 110 valence electrons. The Morgan fingerprint density at radius 2 is 2.05 bits per heavy atom. The van der Waals surface area contributed by atoms with Gasteiger partial charge in [0, 0.05) is 17.4 Å². The summed E-state index contributed by atoms with van der Waals surface area (Å²) in [6.45, 7) is 1.86. The van der Waals surface area contributed by atoms with Crippen LogP contribution >= 0.6 is 15.9 Å². The summed E-state index contributed by atoms with van der Waals surface area (Å²) in [7, 11) is 2.25. The van der Waals surface area contributed by atoms with Gasteiger partial charge in [-0.2, -0.15) is 0 Å². The van der Waals surface area contributed by atoms with E-state index in [0.29, 0.717) is 10.9 Å². The van der Waals surface area contributed by atoms with Gasteiger partial charge in [0.25, 0.3) is 0 Å². The number of hydrogen-bond acceptors (Lipinski definition) is 2. The van der Waals surface area contributed by atoms with Gasteiger partial charge in [-0.1, -0.05) is 53.0 Å². The Kier molecular flexibility index (Phi) is 4.79. The van der Waals surface area contributed by atoms with Gasteiger partial charge in [0.05, 0.1) is 12.7 Å². The molecule has 20 heavy (non-hydrogen) atoms. The van der Waals surface area contributed by atoms with Crippen LogP contribution in [-0.4, -0.2) is 36.0 Å². The van der Waals surface area contributed by atoms with Gasteiger partial charge in [-0.15, -0.1) is 0 Å². The summed E-state index contributed by atoms with van der Waals surface area (Å²) in [5.41, 5.74) is 2.86. The lowest BCUT2D eigenvalue weighted by Gasteiger charge is -2.38. The van der Waals surface area contributed by atoms with E-state index in [2.05, 4.69) is 52.1 Å². The van der Waals surface area contributed by atoms with Crippen LogP contribution in [0.25, 0.3) is 0 Å². The van der Waals surface area contributed by atoms with Crippen LogP contribution in [0.4, 0.5) is 0 Å². The molecule has 3 rings (SSSR count). The van der Waals surface area contributed by atoms with Crippen LogP contribution in [0, 0.1) is 0 Å². The second-order valence-corrected chi connectivity index (χ2v) is 7.29. The summed E-state index contributed by atoms with van der Waals surface area (Å²) in [6, 6.07) is 9.41. The fraction of sp³-hybridized carbons (Fsp3) is 0.647. The first kappa shape index (κ1) is 14.6. The van der Waals surface area contributed by atoms with Crippen molar-refractivity contribution in [3.05, 3.63) is 35.4 Å². The molecule has 0 N–H and O–H groups in total. The van der Waals surface area contributed by atoms with E-state index < -0.39 is 0 Å². The van der Waals surface area contributed by atoms with Crippen molar-refractivity contribution < 1.29 is 4.74 Å². The van der Waals surface area contributed by atoms with E-state index in [4.69, 9.17) is 4.74 Å². The molecule has 0 aromatic heterocycles. The van der Waals surface area contributed by atoms with Gasteiger partial charge in [-0.3, -0.25) is 4.90 Å². The maximum atomic E-state index is 6.04. The standard InChI is InChI=1S/C17H24BrNO/c1-19(16-9-5-4-8-15(16)18)12-17-14-7-3-2-6-13(14)10-11-20-17/h2-3,6-7,15-17H,4-5,8-12H2,1H3. The molecule has 1 fully saturated rings. The van der Waals surface area contributed by atoms with Crippen LogP contribution < -0.4 is 0 Å². The molecule has 1 aromatic carbocycles. The van der Waals surface area contributed by atoms with Gasteiger partial charge < -0.3 is 4.74 Å². The molecule has 0 radical (unpaired) electrons. The summed E-state index contributed by atoms with van der Waals surface area (Å²) in [4.78, 5) is 3.14. The van der Waals surface area contributed by atoms with Crippen molar-refractivity contribution in [1.82, 2.24) is 4.90 Å². The normalized spacial score (nSPS) is 30.2. The highest BCUT2D eigenvalue weighted by atomic mass is 79.9. The topological polar surface area (TPSA) is 12.5 Å². The van der Waals surface area contributed by atoms with Crippen molar-refractivity contribution >= 4 is 15.9 Å². The quantitative estimate of drug-likeness (QED) is 0.774. The Morgan fingerprint density at radius 1 is 1.25 bits per heavy atom. The van der Waals surface area contributed by atoms with Crippen molar-refractivity contribution in [3.8, 4) is 0 Å². The zero-order chi connectivity index (χ0) is 13.9. The minimum atomic E-state index is 0.242. The van der Waals surface area contributed by atoms with E-state index in [-0.39, 0.29) is 6.10 Å². The van der Waals surface area contributed by atoms with Crippen LogP contribution in [0.3, 0.4) is 0 Å². The predicted molar refractivity (Wildman–Crippen MR) is 86.4 cm³/mol. The van der Waals surface area contributed by atoms with Crippen LogP contribution in [0.5, 0.6) is 0 Å². The third-order valence-corrected chi connectivity index (χ3v) is 5.83. The van der Waals surface area contributed by atoms with Crippen molar-refractivity contribution in [3.63, 3.8) is 0 Å². The van der Waals surface area contributed by atoms with Crippen LogP contribution in [-0.2, 0) is 11.2 Å². The highest BCUT2D eigenvalue weighted by molar-refractivity contribution is 9.09. The number of hydrogen-bond donors (Lipinski definition) is 0. The lowest BCUT2D eigenvalue weighted by molar-refractivity contribution is 0.0101. The van der Waals surface area contributed by atoms with Crippen LogP contribution in [0.2, 0.25) is 0 Å². The molecule has 3 heteroatoms. The molecule has 1 aliphatic carbocycles. The third kappa shape index (κ3) is 3.10. The summed E-state index contributed by atoms with van der Waals surface area (Å²) in [6.07, 6.45) is 6.63. The molecule has 0 bridgehead atoms. The molecule has 3 unspecified atom stereocenters. The Labute approximate surface area is 130 Å². The van der Waals surface area contributed by atoms with E-state index in [9.17, 15) is 0 Å². The third-order valence-electron chi connectivity index (χ3n) is 4.76. The molecule has 1 aliphatic heterocycles. The SMILES string of the molecule is CN(CC1OCCc2ccccc21)C1CCCCC1Br. The van der Waals surface area contributed by atoms with Gasteiger partial charge in [0.15, 0.2) is 0 Å². The number of halogens is 1. The van der Waals surface area contributed by atoms with Gasteiger partial charge >= 0.3 is 0 Å². The summed E-state index contributed by atoms with van der Waals surface area (Å²) in [5.74, 6) is 0. The van der Waals surface area contributed by atoms with E-state index in [1.54, 1.807) is 0 Å². The van der Waals surface area contributed by atoms with Crippen molar-refractivity contribution in [2.24, 2.45) is 0 Å². The predicted octanol–water partition coefficient (Wildman–Crippen LogP) is 3.94. The largest absolute Gasteiger partial charge is 0.372 e. The molecule has 0 spiro atoms. The minimum absolute atomic E-state index is 0.242. The zero-order valence-electron chi connectivity index (χ0n) is 12.2. The molecule has 3 atom stereocenters. The number of likely N-dealkylation sites (N-methyl/N-ethyl adjacent to an activating group) is 1. The number of ether oxygens (including phenoxy) is 1. The average molecular weight is 338 g/mol. The molecule has 2 nitrogen and oxygen atoms in total. The monoisotopic (exact) mass is 337 g/mol. The van der Waals surface area contributed by atoms with Gasteiger partial charge in [-0.25, -0.2) is 0 Å². The fourth-order valence-electron chi connectivity index (χ4n) is 3.59. The highest BCUT2D eigenvalue weighted by Gasteiger charge is 2.29. The lowest BCUT2D eigenvalue weighted by atomic mass is 9.93. The number of fused-ring (bicyclic) bond motifs is 1. The molecule has 1 aromatic rings. The van der Waals surface area contributed by atoms with Crippen molar-refractivity contribution in [1.29, 1.82) is 0 Å². The maximum Gasteiger partial charge on any atom is 0.0954 e. The maximum absolute atomic E-state index is 6.04. The first-order valence-electron chi connectivity index (χ1n) is 7.79. The Bertz CT molecular complexity index is 450. The van der Waals surface area contributed by atoms with Crippen LogP contribution in [0.1, 0.15) is 42.9 Å². The molecule has 0 saturated heterocycles. The number of rotatable bonds is 3. The first-order valence-corrected chi connectivity index (χ1v) is 8.71. The Balaban J connectivity index is 1.69. The van der Waals surface area contributed by atoms with E-state index in [0.717, 1.165) is 19.6 Å². The van der Waals surface area contributed by atoms with Crippen molar-refractivity contribution in [2.45, 2.75) is 49.1 Å². The number of benzene rings is 1. The van der Waals surface area contributed by atoms with Gasteiger partial charge in [0.2, 0.25) is 0 Å². The van der Waals surface area contributed by atoms with E-state index in [1.165, 1.54) is 36.8 Å². The first-order chi connectivity index (χ1) is 9.75. The number of nitrogens with zero attached hydrogens (tertiary/aromatic N) is 1. The Hall–Kier alpha value is -0.380. The van der Waals surface area contributed by atoms with Crippen LogP contribution in [0.15, 0.2) is 24.3 Å². The number of alkyl halides is 1. The van der Waals surface area contributed by atoms with Gasteiger partial charge in [-0.05, 0) is 37.4 Å². The molecule has 1 saturated carbocycles. The smallest absolute Gasteiger partial charge is 0.0954 e. The summed E-state index contributed by atoms with van der Waals surface area (Å²) < 4.78 is 6.04. The Morgan fingerprint density at radius 3 is 2.90 bits per heavy atom. The molecule has 0 amide bonds. The van der Waals surface area contributed by atoms with E-state index >= 15 is 0 Å². The second-order valence-electron chi connectivity index (χ2n) is 6.12. The van der Waals surface area contributed by atoms with Crippen molar-refractivity contribution in [2.75, 3.05) is 20.2 Å². The second kappa shape index (κ2) is 6.59. The van der Waals surface area contributed by atoms with Gasteiger partial charge in [0.1, 0.15) is 0 Å². The average Bonchev–Trinajstić information content (AvgIpc) is 2.48. The zero-order valence-corrected chi connectivity index (χ0v) is 13.8.